The average molecular weight is 193 g/mol. The molecule has 0 radical (unpaired) electrons. The van der Waals surface area contributed by atoms with E-state index in [-0.39, 0.29) is 5.91 Å². The first kappa shape index (κ1) is 10.6. The topological polar surface area (TPSA) is 54.9 Å². The van der Waals surface area contributed by atoms with Gasteiger partial charge < -0.3 is 5.32 Å². The number of carbonyl (C=O) groups is 1. The van der Waals surface area contributed by atoms with Gasteiger partial charge in [-0.15, -0.1) is 0 Å². The minimum Gasteiger partial charge on any atom is -0.351 e. The van der Waals surface area contributed by atoms with Gasteiger partial charge in [0.15, 0.2) is 0 Å². The quantitative estimate of drug-likeness (QED) is 0.733. The van der Waals surface area contributed by atoms with Crippen molar-refractivity contribution in [2.45, 2.75) is 26.7 Å². The van der Waals surface area contributed by atoms with E-state index in [0.29, 0.717) is 17.9 Å². The summed E-state index contributed by atoms with van der Waals surface area (Å²) in [5.74, 6) is -0.135. The molecule has 0 unspecified atom stereocenters. The Balaban J connectivity index is 2.56. The van der Waals surface area contributed by atoms with Crippen LogP contribution in [-0.2, 0) is 0 Å². The molecule has 0 aliphatic carbocycles. The number of nitrogens with zero attached hydrogens (tertiary/aromatic N) is 2. The molecule has 0 aliphatic heterocycles. The molecule has 4 heteroatoms. The number of unbranched alkanes of at least 4 members (excludes halogenated alkanes) is 1. The van der Waals surface area contributed by atoms with Crippen LogP contribution in [0.3, 0.4) is 0 Å². The number of aryl methyl sites for hydroxylation is 1. The Morgan fingerprint density at radius 2 is 2.14 bits per heavy atom. The van der Waals surface area contributed by atoms with E-state index in [2.05, 4.69) is 22.2 Å². The van der Waals surface area contributed by atoms with E-state index in [9.17, 15) is 4.79 Å². The molecule has 14 heavy (non-hydrogen) atoms. The smallest absolute Gasteiger partial charge is 0.271 e. The van der Waals surface area contributed by atoms with Gasteiger partial charge in [0.2, 0.25) is 0 Å². The summed E-state index contributed by atoms with van der Waals surface area (Å²) in [7, 11) is 0. The molecule has 0 fully saturated rings. The summed E-state index contributed by atoms with van der Waals surface area (Å²) < 4.78 is 0. The van der Waals surface area contributed by atoms with Crippen LogP contribution in [0.15, 0.2) is 12.4 Å². The largest absolute Gasteiger partial charge is 0.351 e. The maximum absolute atomic E-state index is 11.5. The number of hydrogen-bond acceptors (Lipinski definition) is 3. The van der Waals surface area contributed by atoms with E-state index < -0.39 is 0 Å². The number of aromatic nitrogens is 2. The molecular formula is C10H15N3O. The van der Waals surface area contributed by atoms with Crippen LogP contribution in [0.4, 0.5) is 0 Å². The molecule has 1 aromatic rings. The molecule has 0 spiro atoms. The fraction of sp³-hybridized carbons (Fsp3) is 0.500. The number of rotatable bonds is 4. The van der Waals surface area contributed by atoms with Gasteiger partial charge in [-0.3, -0.25) is 9.78 Å². The predicted octanol–water partition coefficient (Wildman–Crippen LogP) is 1.31. The van der Waals surface area contributed by atoms with Crippen LogP contribution < -0.4 is 5.32 Å². The summed E-state index contributed by atoms with van der Waals surface area (Å²) in [5, 5.41) is 2.80. The van der Waals surface area contributed by atoms with Gasteiger partial charge in [-0.05, 0) is 13.3 Å². The second kappa shape index (κ2) is 5.32. The van der Waals surface area contributed by atoms with Crippen molar-refractivity contribution < 1.29 is 4.79 Å². The van der Waals surface area contributed by atoms with E-state index in [0.717, 1.165) is 12.8 Å². The third kappa shape index (κ3) is 2.80. The van der Waals surface area contributed by atoms with Gasteiger partial charge in [-0.2, -0.15) is 0 Å². The Morgan fingerprint density at radius 3 is 2.79 bits per heavy atom. The second-order valence-electron chi connectivity index (χ2n) is 3.10. The molecule has 76 valence electrons. The predicted molar refractivity (Wildman–Crippen MR) is 54.0 cm³/mol. The molecule has 4 nitrogen and oxygen atoms in total. The minimum absolute atomic E-state index is 0.135. The van der Waals surface area contributed by atoms with Crippen molar-refractivity contribution in [2.24, 2.45) is 0 Å². The monoisotopic (exact) mass is 193 g/mol. The Morgan fingerprint density at radius 1 is 1.43 bits per heavy atom. The summed E-state index contributed by atoms with van der Waals surface area (Å²) in [4.78, 5) is 19.5. The minimum atomic E-state index is -0.135. The molecule has 1 heterocycles. The molecule has 0 aliphatic rings. The van der Waals surface area contributed by atoms with Gasteiger partial charge in [0.25, 0.3) is 5.91 Å². The van der Waals surface area contributed by atoms with E-state index in [4.69, 9.17) is 0 Å². The zero-order valence-corrected chi connectivity index (χ0v) is 8.58. The highest BCUT2D eigenvalue weighted by molar-refractivity contribution is 5.93. The Kier molecular flexibility index (Phi) is 4.04. The number of amides is 1. The van der Waals surface area contributed by atoms with Crippen LogP contribution in [-0.4, -0.2) is 22.4 Å². The first-order chi connectivity index (χ1) is 6.75. The lowest BCUT2D eigenvalue weighted by molar-refractivity contribution is 0.0947. The van der Waals surface area contributed by atoms with E-state index in [1.807, 2.05) is 0 Å². The van der Waals surface area contributed by atoms with Crippen LogP contribution in [0.25, 0.3) is 0 Å². The number of carbonyl (C=O) groups excluding carboxylic acids is 1. The van der Waals surface area contributed by atoms with Gasteiger partial charge >= 0.3 is 0 Å². The van der Waals surface area contributed by atoms with Crippen LogP contribution in [0, 0.1) is 6.92 Å². The molecule has 0 saturated heterocycles. The lowest BCUT2D eigenvalue weighted by Crippen LogP contribution is -2.26. The van der Waals surface area contributed by atoms with Crippen LogP contribution >= 0.6 is 0 Å². The molecule has 0 saturated carbocycles. The van der Waals surface area contributed by atoms with Crippen molar-refractivity contribution in [3.8, 4) is 0 Å². The van der Waals surface area contributed by atoms with Crippen molar-refractivity contribution in [3.05, 3.63) is 23.8 Å². The van der Waals surface area contributed by atoms with Crippen LogP contribution in [0.2, 0.25) is 0 Å². The van der Waals surface area contributed by atoms with Crippen LogP contribution in [0.1, 0.15) is 35.9 Å². The lowest BCUT2D eigenvalue weighted by Gasteiger charge is -2.04. The van der Waals surface area contributed by atoms with Crippen molar-refractivity contribution in [3.63, 3.8) is 0 Å². The van der Waals surface area contributed by atoms with Crippen LogP contribution in [0.5, 0.6) is 0 Å². The maximum atomic E-state index is 11.5. The molecule has 1 N–H and O–H groups in total. The highest BCUT2D eigenvalue weighted by Crippen LogP contribution is 1.98. The first-order valence-corrected chi connectivity index (χ1v) is 4.81. The van der Waals surface area contributed by atoms with Crippen molar-refractivity contribution in [2.75, 3.05) is 6.54 Å². The molecule has 1 rings (SSSR count). The standard InChI is InChI=1S/C10H15N3O/c1-3-4-5-13-10(14)9-8(2)11-6-7-12-9/h6-7H,3-5H2,1-2H3,(H,13,14). The summed E-state index contributed by atoms with van der Waals surface area (Å²) in [5.41, 5.74) is 1.09. The van der Waals surface area contributed by atoms with Gasteiger partial charge in [-0.1, -0.05) is 13.3 Å². The summed E-state index contributed by atoms with van der Waals surface area (Å²) >= 11 is 0. The molecule has 1 amide bonds. The maximum Gasteiger partial charge on any atom is 0.271 e. The molecule has 1 aromatic heterocycles. The van der Waals surface area contributed by atoms with E-state index in [1.165, 1.54) is 6.20 Å². The number of hydrogen-bond donors (Lipinski definition) is 1. The van der Waals surface area contributed by atoms with Gasteiger partial charge in [0.05, 0.1) is 5.69 Å². The SMILES string of the molecule is CCCCNC(=O)c1nccnc1C. The Hall–Kier alpha value is -1.45. The van der Waals surface area contributed by atoms with Crippen molar-refractivity contribution in [1.82, 2.24) is 15.3 Å². The molecule has 0 atom stereocenters. The van der Waals surface area contributed by atoms with Crippen molar-refractivity contribution in [1.29, 1.82) is 0 Å². The zero-order chi connectivity index (χ0) is 10.4. The van der Waals surface area contributed by atoms with Gasteiger partial charge in [0.1, 0.15) is 5.69 Å². The fourth-order valence-corrected chi connectivity index (χ4v) is 1.09. The fourth-order valence-electron chi connectivity index (χ4n) is 1.09. The summed E-state index contributed by atoms with van der Waals surface area (Å²) in [6, 6.07) is 0. The van der Waals surface area contributed by atoms with Gasteiger partial charge in [0, 0.05) is 18.9 Å². The molecule has 0 aromatic carbocycles. The average Bonchev–Trinajstić information content (AvgIpc) is 2.18. The molecular weight excluding hydrogens is 178 g/mol. The lowest BCUT2D eigenvalue weighted by atomic mass is 10.3. The highest BCUT2D eigenvalue weighted by atomic mass is 16.1. The van der Waals surface area contributed by atoms with Gasteiger partial charge in [-0.25, -0.2) is 4.98 Å². The second-order valence-corrected chi connectivity index (χ2v) is 3.10. The summed E-state index contributed by atoms with van der Waals surface area (Å²) in [6.07, 6.45) is 5.17. The van der Waals surface area contributed by atoms with E-state index in [1.54, 1.807) is 13.1 Å². The number of nitrogens with one attached hydrogen (secondary N) is 1. The normalized spacial score (nSPS) is 9.86. The summed E-state index contributed by atoms with van der Waals surface area (Å²) in [6.45, 7) is 4.56. The molecule has 0 bridgehead atoms. The zero-order valence-electron chi connectivity index (χ0n) is 8.58. The Labute approximate surface area is 83.8 Å². The third-order valence-corrected chi connectivity index (χ3v) is 1.91. The highest BCUT2D eigenvalue weighted by Gasteiger charge is 2.09. The third-order valence-electron chi connectivity index (χ3n) is 1.91. The Bertz CT molecular complexity index is 312. The van der Waals surface area contributed by atoms with Crippen molar-refractivity contribution >= 4 is 5.91 Å². The first-order valence-electron chi connectivity index (χ1n) is 4.81. The van der Waals surface area contributed by atoms with E-state index >= 15 is 0 Å².